The highest BCUT2D eigenvalue weighted by atomic mass is 32.2. The van der Waals surface area contributed by atoms with Crippen molar-refractivity contribution in [3.8, 4) is 0 Å². The van der Waals surface area contributed by atoms with E-state index in [0.717, 1.165) is 51.0 Å². The van der Waals surface area contributed by atoms with Crippen LogP contribution in [0.3, 0.4) is 0 Å². The van der Waals surface area contributed by atoms with Gasteiger partial charge in [-0.05, 0) is 56.0 Å². The summed E-state index contributed by atoms with van der Waals surface area (Å²) in [6.45, 7) is 12.0. The zero-order valence-corrected chi connectivity index (χ0v) is 20.7. The van der Waals surface area contributed by atoms with Crippen LogP contribution >= 0.6 is 0 Å². The van der Waals surface area contributed by atoms with E-state index in [0.29, 0.717) is 30.4 Å². The minimum atomic E-state index is -3.67. The highest BCUT2D eigenvalue weighted by molar-refractivity contribution is 7.89. The molecule has 0 spiro atoms. The van der Waals surface area contributed by atoms with E-state index in [1.165, 1.54) is 0 Å². The Morgan fingerprint density at radius 2 is 1.84 bits per heavy atom. The van der Waals surface area contributed by atoms with E-state index in [2.05, 4.69) is 31.0 Å². The summed E-state index contributed by atoms with van der Waals surface area (Å²) in [4.78, 5) is 17.3. The van der Waals surface area contributed by atoms with Crippen LogP contribution < -0.4 is 5.32 Å². The van der Waals surface area contributed by atoms with Crippen LogP contribution in [-0.4, -0.2) is 86.8 Å². The standard InChI is InChI=1S/C24H40N4O3S/c1-4-26-14-5-6-22(26)19-28(15-11-24(29)27-16-12-25-13-17-27)32(30,31)23-9-7-21(8-10-23)18-20(2)3/h7-10,20,22,25H,4-6,11-19H2,1-3H3/t22-/m1/s1. The van der Waals surface area contributed by atoms with E-state index < -0.39 is 10.0 Å². The normalized spacial score (nSPS) is 20.4. The number of likely N-dealkylation sites (tertiary alicyclic amines) is 1. The van der Waals surface area contributed by atoms with Crippen molar-refractivity contribution >= 4 is 15.9 Å². The van der Waals surface area contributed by atoms with Crippen LogP contribution in [0.15, 0.2) is 29.2 Å². The van der Waals surface area contributed by atoms with Gasteiger partial charge in [-0.1, -0.05) is 32.9 Å². The first-order valence-electron chi connectivity index (χ1n) is 12.1. The van der Waals surface area contributed by atoms with Crippen molar-refractivity contribution in [2.24, 2.45) is 5.92 Å². The second kappa shape index (κ2) is 11.6. The zero-order chi connectivity index (χ0) is 23.1. The molecule has 1 N–H and O–H groups in total. The molecule has 0 saturated carbocycles. The molecule has 0 aliphatic carbocycles. The van der Waals surface area contributed by atoms with Gasteiger partial charge in [-0.15, -0.1) is 0 Å². The molecule has 2 heterocycles. The Hall–Kier alpha value is -1.48. The number of sulfonamides is 1. The Morgan fingerprint density at radius 3 is 2.47 bits per heavy atom. The molecule has 1 atom stereocenters. The molecular weight excluding hydrogens is 424 g/mol. The number of hydrogen-bond donors (Lipinski definition) is 1. The molecule has 2 aliphatic heterocycles. The number of nitrogens with one attached hydrogen (secondary N) is 1. The summed E-state index contributed by atoms with van der Waals surface area (Å²) in [5.41, 5.74) is 1.15. The number of carbonyl (C=O) groups is 1. The number of benzene rings is 1. The third kappa shape index (κ3) is 6.53. The molecular formula is C24H40N4O3S. The SMILES string of the molecule is CCN1CCC[C@@H]1CN(CCC(=O)N1CCNCC1)S(=O)(=O)c1ccc(CC(C)C)cc1. The Morgan fingerprint density at radius 1 is 1.16 bits per heavy atom. The topological polar surface area (TPSA) is 73.0 Å². The monoisotopic (exact) mass is 464 g/mol. The van der Waals surface area contributed by atoms with Gasteiger partial charge in [0.1, 0.15) is 0 Å². The van der Waals surface area contributed by atoms with Crippen molar-refractivity contribution in [3.05, 3.63) is 29.8 Å². The fourth-order valence-corrected chi connectivity index (χ4v) is 6.25. The van der Waals surface area contributed by atoms with Crippen molar-refractivity contribution in [3.63, 3.8) is 0 Å². The second-order valence-electron chi connectivity index (χ2n) is 9.41. The van der Waals surface area contributed by atoms with Crippen molar-refractivity contribution in [1.82, 2.24) is 19.4 Å². The molecule has 180 valence electrons. The van der Waals surface area contributed by atoms with Crippen LogP contribution in [-0.2, 0) is 21.2 Å². The maximum atomic E-state index is 13.6. The molecule has 8 heteroatoms. The number of carbonyl (C=O) groups excluding carboxylic acids is 1. The molecule has 1 aromatic carbocycles. The van der Waals surface area contributed by atoms with Gasteiger partial charge in [-0.25, -0.2) is 8.42 Å². The van der Waals surface area contributed by atoms with Gasteiger partial charge < -0.3 is 10.2 Å². The third-order valence-corrected chi connectivity index (χ3v) is 8.45. The smallest absolute Gasteiger partial charge is 0.243 e. The first-order valence-corrected chi connectivity index (χ1v) is 13.6. The quantitative estimate of drug-likeness (QED) is 0.575. The number of nitrogens with zero attached hydrogens (tertiary/aromatic N) is 3. The first kappa shape index (κ1) is 25.1. The average Bonchev–Trinajstić information content (AvgIpc) is 3.24. The summed E-state index contributed by atoms with van der Waals surface area (Å²) in [7, 11) is -3.67. The predicted molar refractivity (Wildman–Crippen MR) is 128 cm³/mol. The van der Waals surface area contributed by atoms with Gasteiger partial charge in [0, 0.05) is 51.7 Å². The minimum Gasteiger partial charge on any atom is -0.340 e. The fourth-order valence-electron chi connectivity index (χ4n) is 4.77. The fraction of sp³-hybridized carbons (Fsp3) is 0.708. The summed E-state index contributed by atoms with van der Waals surface area (Å²) in [6.07, 6.45) is 3.25. The zero-order valence-electron chi connectivity index (χ0n) is 19.9. The van der Waals surface area contributed by atoms with Gasteiger partial charge >= 0.3 is 0 Å². The van der Waals surface area contributed by atoms with E-state index in [1.54, 1.807) is 16.4 Å². The van der Waals surface area contributed by atoms with E-state index >= 15 is 0 Å². The summed E-state index contributed by atoms with van der Waals surface area (Å²) in [5, 5.41) is 3.25. The van der Waals surface area contributed by atoms with Crippen LogP contribution in [0.25, 0.3) is 0 Å². The lowest BCUT2D eigenvalue weighted by Gasteiger charge is -2.31. The van der Waals surface area contributed by atoms with E-state index in [-0.39, 0.29) is 24.9 Å². The number of rotatable bonds is 10. The van der Waals surface area contributed by atoms with Crippen molar-refractivity contribution in [2.75, 3.05) is 52.4 Å². The molecule has 32 heavy (non-hydrogen) atoms. The molecule has 1 amide bonds. The predicted octanol–water partition coefficient (Wildman–Crippen LogP) is 2.18. The lowest BCUT2D eigenvalue weighted by Crippen LogP contribution is -2.48. The Balaban J connectivity index is 1.75. The van der Waals surface area contributed by atoms with Crippen LogP contribution in [0, 0.1) is 5.92 Å². The van der Waals surface area contributed by atoms with Crippen molar-refractivity contribution in [1.29, 1.82) is 0 Å². The van der Waals surface area contributed by atoms with Crippen LogP contribution in [0.2, 0.25) is 0 Å². The van der Waals surface area contributed by atoms with Gasteiger partial charge in [0.15, 0.2) is 0 Å². The second-order valence-corrected chi connectivity index (χ2v) is 11.3. The highest BCUT2D eigenvalue weighted by Gasteiger charge is 2.32. The summed E-state index contributed by atoms with van der Waals surface area (Å²) in [6, 6.07) is 7.51. The molecule has 7 nitrogen and oxygen atoms in total. The van der Waals surface area contributed by atoms with Gasteiger partial charge in [0.05, 0.1) is 4.90 Å². The molecule has 0 unspecified atom stereocenters. The van der Waals surface area contributed by atoms with Gasteiger partial charge in [0.25, 0.3) is 0 Å². The first-order chi connectivity index (χ1) is 15.3. The molecule has 2 aliphatic rings. The van der Waals surface area contributed by atoms with Crippen LogP contribution in [0.4, 0.5) is 0 Å². The highest BCUT2D eigenvalue weighted by Crippen LogP contribution is 2.23. The van der Waals surface area contributed by atoms with E-state index in [9.17, 15) is 13.2 Å². The Labute approximate surface area is 194 Å². The largest absolute Gasteiger partial charge is 0.340 e. The van der Waals surface area contributed by atoms with Crippen LogP contribution in [0.5, 0.6) is 0 Å². The molecule has 3 rings (SSSR count). The lowest BCUT2D eigenvalue weighted by atomic mass is 10.0. The molecule has 0 bridgehead atoms. The van der Waals surface area contributed by atoms with Gasteiger partial charge in [-0.2, -0.15) is 4.31 Å². The molecule has 2 saturated heterocycles. The Kier molecular flexibility index (Phi) is 9.11. The number of amides is 1. The maximum Gasteiger partial charge on any atom is 0.243 e. The maximum absolute atomic E-state index is 13.6. The lowest BCUT2D eigenvalue weighted by molar-refractivity contribution is -0.131. The molecule has 0 radical (unpaired) electrons. The number of piperazine rings is 1. The summed E-state index contributed by atoms with van der Waals surface area (Å²) < 4.78 is 28.8. The Bertz CT molecular complexity index is 835. The third-order valence-electron chi connectivity index (χ3n) is 6.57. The molecule has 2 fully saturated rings. The summed E-state index contributed by atoms with van der Waals surface area (Å²) in [5.74, 6) is 0.560. The van der Waals surface area contributed by atoms with Gasteiger partial charge in [-0.3, -0.25) is 9.69 Å². The number of likely N-dealkylation sites (N-methyl/N-ethyl adjacent to an activating group) is 1. The van der Waals surface area contributed by atoms with E-state index in [4.69, 9.17) is 0 Å². The minimum absolute atomic E-state index is 0.0396. The summed E-state index contributed by atoms with van der Waals surface area (Å²) >= 11 is 0. The van der Waals surface area contributed by atoms with Crippen LogP contribution in [0.1, 0.15) is 45.6 Å². The number of hydrogen-bond acceptors (Lipinski definition) is 5. The van der Waals surface area contributed by atoms with Crippen molar-refractivity contribution < 1.29 is 13.2 Å². The van der Waals surface area contributed by atoms with E-state index in [1.807, 2.05) is 17.0 Å². The van der Waals surface area contributed by atoms with Gasteiger partial charge in [0.2, 0.25) is 15.9 Å². The average molecular weight is 465 g/mol. The molecule has 1 aromatic rings. The van der Waals surface area contributed by atoms with Crippen molar-refractivity contribution in [2.45, 2.75) is 57.4 Å². The molecule has 0 aromatic heterocycles.